The second-order valence-electron chi connectivity index (χ2n) is 8.30. The Balaban J connectivity index is 1.44. The third-order valence-corrected chi connectivity index (χ3v) is 6.46. The lowest BCUT2D eigenvalue weighted by Gasteiger charge is -2.19. The number of anilines is 1. The van der Waals surface area contributed by atoms with E-state index in [2.05, 4.69) is 31.5 Å². The monoisotopic (exact) mass is 537 g/mol. The van der Waals surface area contributed by atoms with Gasteiger partial charge in [0.2, 0.25) is 5.91 Å². The molecule has 3 N–H and O–H groups in total. The zero-order valence-corrected chi connectivity index (χ0v) is 20.5. The highest BCUT2D eigenvalue weighted by atomic mass is 79.9. The molecule has 2 amide bonds. The van der Waals surface area contributed by atoms with Gasteiger partial charge in [-0.05, 0) is 63.2 Å². The van der Waals surface area contributed by atoms with Gasteiger partial charge in [0.25, 0.3) is 0 Å². The smallest absolute Gasteiger partial charge is 0.407 e. The summed E-state index contributed by atoms with van der Waals surface area (Å²) in [5.41, 5.74) is 5.60. The molecule has 0 radical (unpaired) electrons. The molecule has 1 atom stereocenters. The van der Waals surface area contributed by atoms with Gasteiger partial charge in [-0.1, -0.05) is 48.5 Å². The lowest BCUT2D eigenvalue weighted by atomic mass is 9.98. The maximum Gasteiger partial charge on any atom is 0.407 e. The number of aliphatic carboxylic acids is 1. The van der Waals surface area contributed by atoms with E-state index >= 15 is 0 Å². The number of alkyl carbamates (subject to hydrolysis) is 1. The molecule has 4 rings (SSSR count). The van der Waals surface area contributed by atoms with E-state index in [4.69, 9.17) is 9.84 Å². The number of carboxylic acids is 1. The number of rotatable bonds is 8. The Morgan fingerprint density at radius 1 is 1.09 bits per heavy atom. The van der Waals surface area contributed by atoms with Gasteiger partial charge in [-0.3, -0.25) is 9.59 Å². The molecule has 0 fully saturated rings. The number of benzene rings is 2. The average molecular weight is 538 g/mol. The van der Waals surface area contributed by atoms with Crippen LogP contribution < -0.4 is 10.6 Å². The molecule has 9 heteroatoms. The van der Waals surface area contributed by atoms with Crippen LogP contribution in [0.5, 0.6) is 0 Å². The van der Waals surface area contributed by atoms with Crippen molar-refractivity contribution in [3.8, 4) is 11.1 Å². The topological polar surface area (TPSA) is 118 Å². The molecule has 1 heterocycles. The number of amides is 2. The summed E-state index contributed by atoms with van der Waals surface area (Å²) in [5, 5.41) is 14.3. The first kappa shape index (κ1) is 24.4. The standard InChI is InChI=1S/C26H24BrN3O5/c1-15-12-22(24(27)28-13-15)29-25(33)21(10-11-23(31)32)30-26(34)35-14-20-18-8-4-2-6-16(18)17-7-3-5-9-19(17)20/h2-9,12-13,20-21H,10-11,14H2,1H3,(H,29,33)(H,30,34)(H,31,32). The van der Waals surface area contributed by atoms with Crippen LogP contribution in [0.4, 0.5) is 10.5 Å². The molecule has 180 valence electrons. The molecule has 0 spiro atoms. The van der Waals surface area contributed by atoms with E-state index in [1.165, 1.54) is 0 Å². The van der Waals surface area contributed by atoms with Crippen LogP contribution in [0, 0.1) is 6.92 Å². The van der Waals surface area contributed by atoms with Crippen LogP contribution in [-0.2, 0) is 14.3 Å². The molecule has 1 aliphatic rings. The number of nitrogens with one attached hydrogen (secondary N) is 2. The Hall–Kier alpha value is -3.72. The number of hydrogen-bond donors (Lipinski definition) is 3. The predicted molar refractivity (Wildman–Crippen MR) is 134 cm³/mol. The Morgan fingerprint density at radius 2 is 1.71 bits per heavy atom. The van der Waals surface area contributed by atoms with Crippen molar-refractivity contribution >= 4 is 39.6 Å². The lowest BCUT2D eigenvalue weighted by molar-refractivity contribution is -0.137. The minimum absolute atomic E-state index is 0.0838. The summed E-state index contributed by atoms with van der Waals surface area (Å²) < 4.78 is 5.95. The molecule has 3 aromatic rings. The third kappa shape index (κ3) is 5.68. The quantitative estimate of drug-likeness (QED) is 0.353. The molecule has 0 saturated carbocycles. The second kappa shape index (κ2) is 10.7. The average Bonchev–Trinajstić information content (AvgIpc) is 3.16. The number of aryl methyl sites for hydroxylation is 1. The first-order valence-electron chi connectivity index (χ1n) is 11.1. The van der Waals surface area contributed by atoms with Crippen LogP contribution in [0.1, 0.15) is 35.4 Å². The van der Waals surface area contributed by atoms with Gasteiger partial charge in [0.15, 0.2) is 0 Å². The summed E-state index contributed by atoms with van der Waals surface area (Å²) >= 11 is 3.28. The zero-order valence-electron chi connectivity index (χ0n) is 19.0. The number of carboxylic acid groups (broad SMARTS) is 1. The van der Waals surface area contributed by atoms with E-state index in [-0.39, 0.29) is 25.4 Å². The fraction of sp³-hybridized carbons (Fsp3) is 0.231. The number of hydrogen-bond acceptors (Lipinski definition) is 5. The minimum Gasteiger partial charge on any atom is -0.481 e. The molecule has 1 aromatic heterocycles. The second-order valence-corrected chi connectivity index (χ2v) is 9.05. The fourth-order valence-electron chi connectivity index (χ4n) is 4.18. The van der Waals surface area contributed by atoms with Gasteiger partial charge in [-0.15, -0.1) is 0 Å². The van der Waals surface area contributed by atoms with E-state index in [1.807, 2.05) is 55.5 Å². The molecule has 0 saturated heterocycles. The SMILES string of the molecule is Cc1cnc(Br)c(NC(=O)C(CCC(=O)O)NC(=O)OCC2c3ccccc3-c3ccccc32)c1. The van der Waals surface area contributed by atoms with Crippen LogP contribution in [0.2, 0.25) is 0 Å². The van der Waals surface area contributed by atoms with Gasteiger partial charge in [0.05, 0.1) is 5.69 Å². The summed E-state index contributed by atoms with van der Waals surface area (Å²) in [5.74, 6) is -1.77. The Kier molecular flexibility index (Phi) is 7.45. The van der Waals surface area contributed by atoms with Crippen molar-refractivity contribution in [1.29, 1.82) is 0 Å². The van der Waals surface area contributed by atoms with Crippen LogP contribution in [-0.4, -0.2) is 40.7 Å². The molecule has 1 unspecified atom stereocenters. The molecular weight excluding hydrogens is 514 g/mol. The molecule has 0 bridgehead atoms. The molecule has 8 nitrogen and oxygen atoms in total. The van der Waals surface area contributed by atoms with E-state index in [0.717, 1.165) is 27.8 Å². The van der Waals surface area contributed by atoms with Gasteiger partial charge >= 0.3 is 12.1 Å². The van der Waals surface area contributed by atoms with Crippen molar-refractivity contribution < 1.29 is 24.2 Å². The number of fused-ring (bicyclic) bond motifs is 3. The number of aromatic nitrogens is 1. The van der Waals surface area contributed by atoms with E-state index in [0.29, 0.717) is 10.3 Å². The van der Waals surface area contributed by atoms with Gasteiger partial charge < -0.3 is 20.5 Å². The summed E-state index contributed by atoms with van der Waals surface area (Å²) in [6.45, 7) is 1.91. The van der Waals surface area contributed by atoms with Crippen LogP contribution in [0.25, 0.3) is 11.1 Å². The van der Waals surface area contributed by atoms with E-state index in [1.54, 1.807) is 12.3 Å². The summed E-state index contributed by atoms with van der Waals surface area (Å²) in [6.07, 6.45) is 0.451. The van der Waals surface area contributed by atoms with Crippen molar-refractivity contribution in [2.45, 2.75) is 31.7 Å². The normalized spacial score (nSPS) is 12.9. The van der Waals surface area contributed by atoms with Crippen LogP contribution in [0.15, 0.2) is 65.4 Å². The summed E-state index contributed by atoms with van der Waals surface area (Å²) in [7, 11) is 0. The maximum absolute atomic E-state index is 12.9. The van der Waals surface area contributed by atoms with Crippen molar-refractivity contribution in [1.82, 2.24) is 10.3 Å². The van der Waals surface area contributed by atoms with Crippen molar-refractivity contribution in [3.05, 3.63) is 82.1 Å². The minimum atomic E-state index is -1.10. The number of carbonyl (C=O) groups is 3. The van der Waals surface area contributed by atoms with Gasteiger partial charge in [-0.25, -0.2) is 9.78 Å². The number of ether oxygens (including phenoxy) is 1. The van der Waals surface area contributed by atoms with Gasteiger partial charge in [0.1, 0.15) is 17.3 Å². The molecule has 0 aliphatic heterocycles. The summed E-state index contributed by atoms with van der Waals surface area (Å²) in [4.78, 5) is 40.8. The maximum atomic E-state index is 12.9. The number of halogens is 1. The zero-order chi connectivity index (χ0) is 24.9. The van der Waals surface area contributed by atoms with Crippen molar-refractivity contribution in [2.75, 3.05) is 11.9 Å². The highest BCUT2D eigenvalue weighted by Crippen LogP contribution is 2.44. The first-order valence-corrected chi connectivity index (χ1v) is 11.9. The van der Waals surface area contributed by atoms with E-state index in [9.17, 15) is 14.4 Å². The molecule has 35 heavy (non-hydrogen) atoms. The molecular formula is C26H24BrN3O5. The van der Waals surface area contributed by atoms with E-state index < -0.39 is 24.0 Å². The summed E-state index contributed by atoms with van der Waals surface area (Å²) in [6, 6.07) is 16.6. The van der Waals surface area contributed by atoms with Gasteiger partial charge in [0, 0.05) is 18.5 Å². The fourth-order valence-corrected chi connectivity index (χ4v) is 4.49. The van der Waals surface area contributed by atoms with Crippen molar-refractivity contribution in [2.24, 2.45) is 0 Å². The highest BCUT2D eigenvalue weighted by molar-refractivity contribution is 9.10. The Labute approximate surface area is 210 Å². The Morgan fingerprint density at radius 3 is 2.34 bits per heavy atom. The number of carbonyl (C=O) groups excluding carboxylic acids is 2. The highest BCUT2D eigenvalue weighted by Gasteiger charge is 2.30. The van der Waals surface area contributed by atoms with Crippen LogP contribution in [0.3, 0.4) is 0 Å². The van der Waals surface area contributed by atoms with Crippen LogP contribution >= 0.6 is 15.9 Å². The largest absolute Gasteiger partial charge is 0.481 e. The predicted octanol–water partition coefficient (Wildman–Crippen LogP) is 4.86. The molecule has 2 aromatic carbocycles. The lowest BCUT2D eigenvalue weighted by Crippen LogP contribution is -2.44. The Bertz CT molecular complexity index is 1230. The van der Waals surface area contributed by atoms with Crippen molar-refractivity contribution in [3.63, 3.8) is 0 Å². The van der Waals surface area contributed by atoms with Gasteiger partial charge in [-0.2, -0.15) is 0 Å². The number of pyridine rings is 1. The number of nitrogens with zero attached hydrogens (tertiary/aromatic N) is 1. The third-order valence-electron chi connectivity index (χ3n) is 5.83. The first-order chi connectivity index (χ1) is 16.8. The molecule has 1 aliphatic carbocycles.